The minimum absolute atomic E-state index is 0.127. The summed E-state index contributed by atoms with van der Waals surface area (Å²) in [6.45, 7) is 8.14. The normalized spacial score (nSPS) is 30.0. The van der Waals surface area contributed by atoms with E-state index in [1.807, 2.05) is 20.8 Å². The van der Waals surface area contributed by atoms with E-state index in [9.17, 15) is 4.79 Å². The Hall–Kier alpha value is -0.590. The van der Waals surface area contributed by atoms with Gasteiger partial charge in [0.1, 0.15) is 0 Å². The summed E-state index contributed by atoms with van der Waals surface area (Å²) < 4.78 is 0. The highest BCUT2D eigenvalue weighted by molar-refractivity contribution is 5.99. The first-order valence-corrected chi connectivity index (χ1v) is 4.17. The Morgan fingerprint density at radius 2 is 2.09 bits per heavy atom. The van der Waals surface area contributed by atoms with Gasteiger partial charge >= 0.3 is 0 Å². The van der Waals surface area contributed by atoms with Crippen molar-refractivity contribution in [3.05, 3.63) is 11.6 Å². The fourth-order valence-corrected chi connectivity index (χ4v) is 1.99. The number of ketones is 1. The largest absolute Gasteiger partial charge is 0.294 e. The van der Waals surface area contributed by atoms with Crippen LogP contribution in [0.3, 0.4) is 0 Å². The van der Waals surface area contributed by atoms with Crippen LogP contribution in [0, 0.1) is 11.3 Å². The first-order chi connectivity index (χ1) is 4.93. The lowest BCUT2D eigenvalue weighted by Crippen LogP contribution is -2.30. The lowest BCUT2D eigenvalue weighted by molar-refractivity contribution is -0.124. The van der Waals surface area contributed by atoms with Gasteiger partial charge in [0, 0.05) is 5.41 Å². The van der Waals surface area contributed by atoms with E-state index in [1.165, 1.54) is 0 Å². The van der Waals surface area contributed by atoms with E-state index in [4.69, 9.17) is 0 Å². The van der Waals surface area contributed by atoms with Crippen molar-refractivity contribution in [3.63, 3.8) is 0 Å². The van der Waals surface area contributed by atoms with E-state index in [2.05, 4.69) is 13.0 Å². The van der Waals surface area contributed by atoms with Crippen LogP contribution in [0.5, 0.6) is 0 Å². The van der Waals surface area contributed by atoms with Gasteiger partial charge in [0.05, 0.1) is 0 Å². The van der Waals surface area contributed by atoms with Gasteiger partial charge in [0.2, 0.25) is 0 Å². The molecule has 0 saturated heterocycles. The fourth-order valence-electron chi connectivity index (χ4n) is 1.99. The van der Waals surface area contributed by atoms with Crippen LogP contribution >= 0.6 is 0 Å². The Labute approximate surface area is 68.5 Å². The second-order valence-electron chi connectivity index (χ2n) is 4.24. The van der Waals surface area contributed by atoms with Gasteiger partial charge in [-0.25, -0.2) is 0 Å². The minimum atomic E-state index is -0.127. The number of allylic oxidation sites excluding steroid dienone is 2. The molecule has 0 aromatic heterocycles. The Morgan fingerprint density at radius 3 is 2.55 bits per heavy atom. The van der Waals surface area contributed by atoms with Crippen LogP contribution in [-0.2, 0) is 4.79 Å². The molecule has 11 heavy (non-hydrogen) atoms. The van der Waals surface area contributed by atoms with E-state index >= 15 is 0 Å². The van der Waals surface area contributed by atoms with Crippen molar-refractivity contribution < 1.29 is 4.79 Å². The lowest BCUT2D eigenvalue weighted by Gasteiger charge is -2.30. The van der Waals surface area contributed by atoms with Gasteiger partial charge in [-0.3, -0.25) is 4.79 Å². The first kappa shape index (κ1) is 8.51. The number of rotatable bonds is 0. The van der Waals surface area contributed by atoms with Crippen LogP contribution in [-0.4, -0.2) is 5.78 Å². The third kappa shape index (κ3) is 1.52. The van der Waals surface area contributed by atoms with Crippen molar-refractivity contribution >= 4 is 5.78 Å². The molecule has 62 valence electrons. The molecule has 1 nitrogen and oxygen atoms in total. The Kier molecular flexibility index (Phi) is 1.91. The molecule has 0 bridgehead atoms. The highest BCUT2D eigenvalue weighted by atomic mass is 16.1. The summed E-state index contributed by atoms with van der Waals surface area (Å²) in [4.78, 5) is 11.5. The quantitative estimate of drug-likeness (QED) is 0.521. The van der Waals surface area contributed by atoms with Gasteiger partial charge in [-0.1, -0.05) is 26.8 Å². The van der Waals surface area contributed by atoms with Crippen molar-refractivity contribution in [1.82, 2.24) is 0 Å². The van der Waals surface area contributed by atoms with Crippen LogP contribution in [0.4, 0.5) is 0 Å². The van der Waals surface area contributed by atoms with Crippen molar-refractivity contribution in [3.8, 4) is 0 Å². The van der Waals surface area contributed by atoms with Crippen molar-refractivity contribution in [1.29, 1.82) is 0 Å². The summed E-state index contributed by atoms with van der Waals surface area (Å²) in [7, 11) is 0. The molecule has 0 radical (unpaired) electrons. The van der Waals surface area contributed by atoms with Crippen molar-refractivity contribution in [2.45, 2.75) is 34.1 Å². The summed E-state index contributed by atoms with van der Waals surface area (Å²) >= 11 is 0. The average Bonchev–Trinajstić information content (AvgIpc) is 1.81. The summed E-state index contributed by atoms with van der Waals surface area (Å²) in [6.07, 6.45) is 3.07. The molecular formula is C10H16O. The van der Waals surface area contributed by atoms with Crippen LogP contribution < -0.4 is 0 Å². The van der Waals surface area contributed by atoms with E-state index in [0.29, 0.717) is 11.7 Å². The maximum Gasteiger partial charge on any atom is 0.163 e. The predicted molar refractivity (Wildman–Crippen MR) is 46.3 cm³/mol. The number of carbonyl (C=O) groups is 1. The van der Waals surface area contributed by atoms with Crippen LogP contribution in [0.15, 0.2) is 11.6 Å². The molecule has 0 fully saturated rings. The highest BCUT2D eigenvalue weighted by Gasteiger charge is 2.33. The summed E-state index contributed by atoms with van der Waals surface area (Å²) in [5.41, 5.74) is 0.812. The van der Waals surface area contributed by atoms with E-state index in [-0.39, 0.29) is 5.41 Å². The zero-order chi connectivity index (χ0) is 8.65. The van der Waals surface area contributed by atoms with Gasteiger partial charge in [0.25, 0.3) is 0 Å². The third-order valence-electron chi connectivity index (χ3n) is 2.34. The zero-order valence-corrected chi connectivity index (χ0v) is 7.77. The number of Topliss-reactive ketones (excluding diaryl/α,β-unsaturated/α-hetero) is 1. The van der Waals surface area contributed by atoms with Gasteiger partial charge in [-0.05, 0) is 24.8 Å². The van der Waals surface area contributed by atoms with E-state index in [0.717, 1.165) is 12.0 Å². The number of hydrogen-bond acceptors (Lipinski definition) is 1. The molecule has 0 amide bonds. The maximum absolute atomic E-state index is 11.5. The number of carbonyl (C=O) groups excluding carboxylic acids is 1. The Morgan fingerprint density at radius 1 is 1.55 bits per heavy atom. The topological polar surface area (TPSA) is 17.1 Å². The molecule has 0 aromatic carbocycles. The molecule has 0 heterocycles. The standard InChI is InChI=1S/C10H16O/c1-7-5-8(2)9(11)10(3,4)6-7/h5,7H,6H2,1-4H3/t7-/m1/s1. The zero-order valence-electron chi connectivity index (χ0n) is 7.77. The summed E-state index contributed by atoms with van der Waals surface area (Å²) in [5, 5.41) is 0. The van der Waals surface area contributed by atoms with Crippen LogP contribution in [0.25, 0.3) is 0 Å². The van der Waals surface area contributed by atoms with Crippen LogP contribution in [0.2, 0.25) is 0 Å². The smallest absolute Gasteiger partial charge is 0.163 e. The molecule has 0 unspecified atom stereocenters. The summed E-state index contributed by atoms with van der Waals surface area (Å²) in [6, 6.07) is 0. The third-order valence-corrected chi connectivity index (χ3v) is 2.34. The second-order valence-corrected chi connectivity index (χ2v) is 4.24. The second kappa shape index (κ2) is 2.47. The first-order valence-electron chi connectivity index (χ1n) is 4.17. The molecular weight excluding hydrogens is 136 g/mol. The van der Waals surface area contributed by atoms with E-state index in [1.54, 1.807) is 0 Å². The predicted octanol–water partition coefficient (Wildman–Crippen LogP) is 2.57. The van der Waals surface area contributed by atoms with Gasteiger partial charge in [0.15, 0.2) is 5.78 Å². The molecule has 1 heteroatoms. The van der Waals surface area contributed by atoms with Gasteiger partial charge in [-0.2, -0.15) is 0 Å². The monoisotopic (exact) mass is 152 g/mol. The summed E-state index contributed by atoms with van der Waals surface area (Å²) in [5.74, 6) is 0.873. The SMILES string of the molecule is CC1=C[C@@H](C)CC(C)(C)C1=O. The van der Waals surface area contributed by atoms with Crippen LogP contribution in [0.1, 0.15) is 34.1 Å². The lowest BCUT2D eigenvalue weighted by atomic mass is 9.73. The van der Waals surface area contributed by atoms with Gasteiger partial charge in [-0.15, -0.1) is 0 Å². The molecule has 1 rings (SSSR count). The molecule has 0 spiro atoms. The van der Waals surface area contributed by atoms with E-state index < -0.39 is 0 Å². The highest BCUT2D eigenvalue weighted by Crippen LogP contribution is 2.34. The average molecular weight is 152 g/mol. The molecule has 1 atom stereocenters. The molecule has 1 aliphatic carbocycles. The Bertz CT molecular complexity index is 211. The number of hydrogen-bond donors (Lipinski definition) is 0. The molecule has 0 saturated carbocycles. The maximum atomic E-state index is 11.5. The van der Waals surface area contributed by atoms with Crippen molar-refractivity contribution in [2.24, 2.45) is 11.3 Å². The fraction of sp³-hybridized carbons (Fsp3) is 0.700. The molecule has 0 N–H and O–H groups in total. The minimum Gasteiger partial charge on any atom is -0.294 e. The van der Waals surface area contributed by atoms with Gasteiger partial charge < -0.3 is 0 Å². The molecule has 1 aliphatic rings. The molecule has 0 aliphatic heterocycles. The Balaban J connectivity index is 2.96. The molecule has 0 aromatic rings. The van der Waals surface area contributed by atoms with Crippen molar-refractivity contribution in [2.75, 3.05) is 0 Å².